The molecule has 42 heavy (non-hydrogen) atoms. The molecule has 0 bridgehead atoms. The van der Waals surface area contributed by atoms with E-state index >= 15 is 0 Å². The Kier molecular flexibility index (Phi) is 17.7. The molecule has 6 nitrogen and oxygen atoms in total. The van der Waals surface area contributed by atoms with Crippen LogP contribution in [0.2, 0.25) is 0 Å². The molecule has 0 spiro atoms. The van der Waals surface area contributed by atoms with Gasteiger partial charge in [-0.15, -0.1) is 0 Å². The largest absolute Gasteiger partial charge is 0.335 e. The van der Waals surface area contributed by atoms with Gasteiger partial charge in [0.05, 0.1) is 24.5 Å². The van der Waals surface area contributed by atoms with E-state index in [1.165, 1.54) is 11.1 Å². The van der Waals surface area contributed by atoms with Gasteiger partial charge in [0.1, 0.15) is 0 Å². The molecule has 0 aromatic heterocycles. The standard InChI is InChI=1S/2C17H29O3P/c1-5-7-9-19-21(18,20-10-8-6-2)14-17-12-15(3)11-16(4)13-17;1-5-7-9-17(10-8-6-2,21(18,19)20)16-12-14(3)11-15(4)13-16/h11-13H,5-10,14H2,1-4H3;11-13H,5-10H2,1-4H3,(H2,18,19,20). The quantitative estimate of drug-likeness (QED) is 0.127. The fraction of sp³-hybridized carbons (Fsp3) is 0.647. The molecule has 2 N–H and O–H groups in total. The minimum atomic E-state index is -4.23. The van der Waals surface area contributed by atoms with E-state index in [1.807, 2.05) is 32.0 Å². The summed E-state index contributed by atoms with van der Waals surface area (Å²) in [4.78, 5) is 20.3. The van der Waals surface area contributed by atoms with Crippen LogP contribution in [0.15, 0.2) is 36.4 Å². The van der Waals surface area contributed by atoms with Crippen molar-refractivity contribution in [3.63, 3.8) is 0 Å². The number of aryl methyl sites for hydroxylation is 4. The lowest BCUT2D eigenvalue weighted by molar-refractivity contribution is 0.199. The molecule has 0 unspecified atom stereocenters. The van der Waals surface area contributed by atoms with E-state index in [4.69, 9.17) is 9.05 Å². The normalized spacial score (nSPS) is 12.2. The second-order valence-corrected chi connectivity index (χ2v) is 15.8. The highest BCUT2D eigenvalue weighted by Crippen LogP contribution is 2.62. The first kappa shape index (κ1) is 38.8. The number of benzene rings is 2. The van der Waals surface area contributed by atoms with Crippen LogP contribution in [0.3, 0.4) is 0 Å². The molecule has 0 aliphatic rings. The molecule has 2 rings (SSSR count). The van der Waals surface area contributed by atoms with Gasteiger partial charge in [-0.25, -0.2) is 0 Å². The first-order valence-corrected chi connectivity index (χ1v) is 19.2. The molecule has 0 radical (unpaired) electrons. The Hall–Kier alpha value is -1.26. The summed E-state index contributed by atoms with van der Waals surface area (Å²) in [6.45, 7) is 17.4. The maximum atomic E-state index is 12.9. The van der Waals surface area contributed by atoms with Crippen molar-refractivity contribution in [2.24, 2.45) is 0 Å². The maximum Gasteiger partial charge on any atom is 0.335 e. The molecule has 0 aliphatic carbocycles. The average Bonchev–Trinajstić information content (AvgIpc) is 2.88. The van der Waals surface area contributed by atoms with Gasteiger partial charge >= 0.3 is 15.2 Å². The Labute approximate surface area is 256 Å². The Morgan fingerprint density at radius 3 is 1.36 bits per heavy atom. The predicted octanol–water partition coefficient (Wildman–Crippen LogP) is 10.7. The van der Waals surface area contributed by atoms with Crippen LogP contribution in [0, 0.1) is 27.7 Å². The Morgan fingerprint density at radius 2 is 1.00 bits per heavy atom. The van der Waals surface area contributed by atoms with Crippen molar-refractivity contribution < 1.29 is 28.0 Å². The van der Waals surface area contributed by atoms with E-state index in [9.17, 15) is 18.9 Å². The van der Waals surface area contributed by atoms with Crippen molar-refractivity contribution in [1.82, 2.24) is 0 Å². The fourth-order valence-corrected chi connectivity index (χ4v) is 8.33. The molecule has 0 amide bonds. The van der Waals surface area contributed by atoms with Gasteiger partial charge in [0.2, 0.25) is 0 Å². The van der Waals surface area contributed by atoms with Gasteiger partial charge in [-0.05, 0) is 64.5 Å². The zero-order valence-corrected chi connectivity index (χ0v) is 29.4. The van der Waals surface area contributed by atoms with Crippen molar-refractivity contribution in [3.05, 3.63) is 69.8 Å². The van der Waals surface area contributed by atoms with Gasteiger partial charge in [-0.2, -0.15) is 0 Å². The molecule has 0 saturated carbocycles. The van der Waals surface area contributed by atoms with Gasteiger partial charge in [0.25, 0.3) is 0 Å². The molecule has 0 heterocycles. The second kappa shape index (κ2) is 19.2. The van der Waals surface area contributed by atoms with Crippen molar-refractivity contribution in [1.29, 1.82) is 0 Å². The topological polar surface area (TPSA) is 93.1 Å². The monoisotopic (exact) mass is 624 g/mol. The number of hydrogen-bond acceptors (Lipinski definition) is 4. The van der Waals surface area contributed by atoms with Crippen LogP contribution >= 0.6 is 15.2 Å². The van der Waals surface area contributed by atoms with Crippen molar-refractivity contribution >= 4 is 15.2 Å². The van der Waals surface area contributed by atoms with E-state index in [0.29, 0.717) is 32.2 Å². The summed E-state index contributed by atoms with van der Waals surface area (Å²) in [6, 6.07) is 12.2. The molecule has 0 fully saturated rings. The zero-order chi connectivity index (χ0) is 31.8. The summed E-state index contributed by atoms with van der Waals surface area (Å²) in [7, 11) is -7.27. The minimum Gasteiger partial charge on any atom is -0.324 e. The second-order valence-electron chi connectivity index (χ2n) is 11.8. The molecule has 2 aromatic rings. The summed E-state index contributed by atoms with van der Waals surface area (Å²) in [5.74, 6) is 0. The van der Waals surface area contributed by atoms with E-state index in [2.05, 4.69) is 59.7 Å². The zero-order valence-electron chi connectivity index (χ0n) is 27.6. The summed E-state index contributed by atoms with van der Waals surface area (Å²) < 4.78 is 36.6. The highest BCUT2D eigenvalue weighted by Gasteiger charge is 2.47. The van der Waals surface area contributed by atoms with E-state index in [0.717, 1.165) is 73.6 Å². The molecule has 0 saturated heterocycles. The van der Waals surface area contributed by atoms with E-state index in [-0.39, 0.29) is 0 Å². The van der Waals surface area contributed by atoms with Crippen LogP contribution in [-0.2, 0) is 29.5 Å². The van der Waals surface area contributed by atoms with Crippen molar-refractivity contribution in [2.75, 3.05) is 13.2 Å². The lowest BCUT2D eigenvalue weighted by atomic mass is 9.86. The summed E-state index contributed by atoms with van der Waals surface area (Å²) in [5, 5.41) is -1.02. The third kappa shape index (κ3) is 13.2. The van der Waals surface area contributed by atoms with Crippen LogP contribution < -0.4 is 0 Å². The molecule has 2 aromatic carbocycles. The maximum absolute atomic E-state index is 12.9. The lowest BCUT2D eigenvalue weighted by Crippen LogP contribution is -2.27. The first-order chi connectivity index (χ1) is 19.8. The van der Waals surface area contributed by atoms with Crippen LogP contribution in [-0.4, -0.2) is 23.0 Å². The predicted molar refractivity (Wildman–Crippen MR) is 178 cm³/mol. The highest BCUT2D eigenvalue weighted by molar-refractivity contribution is 7.53. The smallest absolute Gasteiger partial charge is 0.324 e. The third-order valence-electron chi connectivity index (χ3n) is 7.43. The van der Waals surface area contributed by atoms with Crippen LogP contribution in [0.25, 0.3) is 0 Å². The van der Waals surface area contributed by atoms with Crippen molar-refractivity contribution in [3.8, 4) is 0 Å². The molecule has 0 atom stereocenters. The van der Waals surface area contributed by atoms with Crippen LogP contribution in [0.1, 0.15) is 125 Å². The summed E-state index contributed by atoms with van der Waals surface area (Å²) >= 11 is 0. The van der Waals surface area contributed by atoms with E-state index in [1.54, 1.807) is 0 Å². The van der Waals surface area contributed by atoms with Crippen LogP contribution in [0.5, 0.6) is 0 Å². The number of hydrogen-bond donors (Lipinski definition) is 2. The lowest BCUT2D eigenvalue weighted by Gasteiger charge is -2.35. The highest BCUT2D eigenvalue weighted by atomic mass is 31.2. The van der Waals surface area contributed by atoms with Gasteiger partial charge in [0.15, 0.2) is 0 Å². The molecule has 0 aliphatic heterocycles. The van der Waals surface area contributed by atoms with Gasteiger partial charge in [-0.3, -0.25) is 9.13 Å². The van der Waals surface area contributed by atoms with Gasteiger partial charge in [0, 0.05) is 0 Å². The first-order valence-electron chi connectivity index (χ1n) is 15.9. The number of rotatable bonds is 18. The summed E-state index contributed by atoms with van der Waals surface area (Å²) in [5.41, 5.74) is 6.34. The number of unbranched alkanes of at least 4 members (excludes halogenated alkanes) is 4. The van der Waals surface area contributed by atoms with Crippen LogP contribution in [0.4, 0.5) is 0 Å². The molecular weight excluding hydrogens is 566 g/mol. The molecule has 8 heteroatoms. The Balaban J connectivity index is 0.000000420. The Morgan fingerprint density at radius 1 is 0.619 bits per heavy atom. The third-order valence-corrected chi connectivity index (χ3v) is 11.2. The van der Waals surface area contributed by atoms with E-state index < -0.39 is 20.3 Å². The van der Waals surface area contributed by atoms with Crippen molar-refractivity contribution in [2.45, 2.75) is 131 Å². The SMILES string of the molecule is CCCCC(CCCC)(c1cc(C)cc(C)c1)P(=O)(O)O.CCCCOP(=O)(Cc1cc(C)cc(C)c1)OCCCC. The Bertz CT molecular complexity index is 1090. The molecular formula is C34H58O6P2. The fourth-order valence-electron chi connectivity index (χ4n) is 5.26. The minimum absolute atomic E-state index is 0.364. The average molecular weight is 625 g/mol. The van der Waals surface area contributed by atoms with Gasteiger partial charge < -0.3 is 18.8 Å². The van der Waals surface area contributed by atoms with Gasteiger partial charge in [-0.1, -0.05) is 125 Å². The summed E-state index contributed by atoms with van der Waals surface area (Å²) in [6.07, 6.45) is 8.90. The molecule has 240 valence electrons.